The highest BCUT2D eigenvalue weighted by Gasteiger charge is 2.23. The van der Waals surface area contributed by atoms with Crippen LogP contribution in [-0.2, 0) is 10.2 Å². The van der Waals surface area contributed by atoms with Crippen LogP contribution in [-0.4, -0.2) is 40.5 Å². The zero-order chi connectivity index (χ0) is 13.9. The molecule has 0 spiro atoms. The SMILES string of the molecule is CCN(c1ccc(OC)c(N)c1)S(=O)(=O)N(C)C. The second kappa shape index (κ2) is 5.45. The van der Waals surface area contributed by atoms with Crippen molar-refractivity contribution in [1.29, 1.82) is 0 Å². The van der Waals surface area contributed by atoms with Crippen molar-refractivity contribution in [2.75, 3.05) is 37.8 Å². The molecule has 1 aromatic rings. The molecule has 0 saturated carbocycles. The fourth-order valence-corrected chi connectivity index (χ4v) is 2.65. The average Bonchev–Trinajstić information content (AvgIpc) is 2.29. The lowest BCUT2D eigenvalue weighted by Crippen LogP contribution is -2.40. The number of anilines is 2. The van der Waals surface area contributed by atoms with Crippen molar-refractivity contribution in [3.63, 3.8) is 0 Å². The molecule has 0 radical (unpaired) electrons. The number of hydrogen-bond acceptors (Lipinski definition) is 4. The van der Waals surface area contributed by atoms with Gasteiger partial charge in [0.1, 0.15) is 5.75 Å². The van der Waals surface area contributed by atoms with E-state index in [1.807, 2.05) is 0 Å². The monoisotopic (exact) mass is 273 g/mol. The highest BCUT2D eigenvalue weighted by molar-refractivity contribution is 7.90. The number of nitrogens with two attached hydrogens (primary N) is 1. The van der Waals surface area contributed by atoms with Crippen molar-refractivity contribution in [2.24, 2.45) is 0 Å². The molecule has 0 unspecified atom stereocenters. The van der Waals surface area contributed by atoms with Gasteiger partial charge in [0, 0.05) is 20.6 Å². The van der Waals surface area contributed by atoms with Crippen LogP contribution in [0.5, 0.6) is 5.75 Å². The van der Waals surface area contributed by atoms with E-state index in [1.165, 1.54) is 25.5 Å². The Kier molecular flexibility index (Phi) is 4.42. The van der Waals surface area contributed by atoms with Crippen LogP contribution in [0.3, 0.4) is 0 Å². The Balaban J connectivity index is 3.23. The van der Waals surface area contributed by atoms with E-state index in [9.17, 15) is 8.42 Å². The zero-order valence-electron chi connectivity index (χ0n) is 11.0. The van der Waals surface area contributed by atoms with Crippen molar-refractivity contribution in [3.05, 3.63) is 18.2 Å². The third-order valence-electron chi connectivity index (χ3n) is 2.53. The minimum Gasteiger partial charge on any atom is -0.495 e. The van der Waals surface area contributed by atoms with Gasteiger partial charge in [-0.25, -0.2) is 0 Å². The van der Waals surface area contributed by atoms with Gasteiger partial charge in [0.25, 0.3) is 0 Å². The lowest BCUT2D eigenvalue weighted by atomic mass is 10.2. The summed E-state index contributed by atoms with van der Waals surface area (Å²) in [5.41, 5.74) is 6.71. The summed E-state index contributed by atoms with van der Waals surface area (Å²) in [5.74, 6) is 0.525. The number of methoxy groups -OCH3 is 1. The Hall–Kier alpha value is -1.47. The van der Waals surface area contributed by atoms with Gasteiger partial charge in [-0.2, -0.15) is 12.7 Å². The number of hydrogen-bond donors (Lipinski definition) is 1. The molecule has 2 N–H and O–H groups in total. The summed E-state index contributed by atoms with van der Waals surface area (Å²) in [4.78, 5) is 0. The van der Waals surface area contributed by atoms with Crippen LogP contribution in [0.25, 0.3) is 0 Å². The highest BCUT2D eigenvalue weighted by Crippen LogP contribution is 2.28. The summed E-state index contributed by atoms with van der Waals surface area (Å²) >= 11 is 0. The fraction of sp³-hybridized carbons (Fsp3) is 0.455. The first-order valence-corrected chi connectivity index (χ1v) is 6.88. The van der Waals surface area contributed by atoms with E-state index in [4.69, 9.17) is 10.5 Å². The quantitative estimate of drug-likeness (QED) is 0.809. The van der Waals surface area contributed by atoms with E-state index in [-0.39, 0.29) is 0 Å². The smallest absolute Gasteiger partial charge is 0.303 e. The lowest BCUT2D eigenvalue weighted by Gasteiger charge is -2.26. The summed E-state index contributed by atoms with van der Waals surface area (Å²) in [6, 6.07) is 4.90. The first-order chi connectivity index (χ1) is 8.34. The van der Waals surface area contributed by atoms with Gasteiger partial charge in [0.2, 0.25) is 0 Å². The molecule has 6 nitrogen and oxygen atoms in total. The molecule has 0 amide bonds. The first kappa shape index (κ1) is 14.6. The first-order valence-electron chi connectivity index (χ1n) is 5.48. The van der Waals surface area contributed by atoms with E-state index in [0.717, 1.165) is 4.31 Å². The molecule has 7 heteroatoms. The van der Waals surface area contributed by atoms with Gasteiger partial charge >= 0.3 is 10.2 Å². The molecule has 0 bridgehead atoms. The van der Waals surface area contributed by atoms with Gasteiger partial charge in [0.15, 0.2) is 0 Å². The Morgan fingerprint density at radius 2 is 1.94 bits per heavy atom. The Bertz CT molecular complexity index is 514. The molecule has 0 aromatic heterocycles. The molecule has 0 saturated heterocycles. The third kappa shape index (κ3) is 2.68. The van der Waals surface area contributed by atoms with Crippen LogP contribution in [0.2, 0.25) is 0 Å². The van der Waals surface area contributed by atoms with E-state index < -0.39 is 10.2 Å². The fourth-order valence-electron chi connectivity index (χ4n) is 1.55. The Morgan fingerprint density at radius 3 is 2.33 bits per heavy atom. The zero-order valence-corrected chi connectivity index (χ0v) is 11.9. The molecular weight excluding hydrogens is 254 g/mol. The van der Waals surface area contributed by atoms with Gasteiger partial charge in [-0.3, -0.25) is 4.31 Å². The number of nitrogens with zero attached hydrogens (tertiary/aromatic N) is 2. The van der Waals surface area contributed by atoms with E-state index >= 15 is 0 Å². The van der Waals surface area contributed by atoms with Crippen molar-refractivity contribution in [2.45, 2.75) is 6.92 Å². The van der Waals surface area contributed by atoms with Crippen molar-refractivity contribution in [1.82, 2.24) is 4.31 Å². The summed E-state index contributed by atoms with van der Waals surface area (Å²) in [7, 11) is 0.987. The molecule has 102 valence electrons. The van der Waals surface area contributed by atoms with Crippen LogP contribution in [0.15, 0.2) is 18.2 Å². The number of nitrogen functional groups attached to an aromatic ring is 1. The molecule has 0 aliphatic rings. The van der Waals surface area contributed by atoms with Crippen LogP contribution in [0, 0.1) is 0 Å². The molecule has 0 atom stereocenters. The van der Waals surface area contributed by atoms with Gasteiger partial charge in [-0.1, -0.05) is 0 Å². The third-order valence-corrected chi connectivity index (χ3v) is 4.48. The molecule has 0 fully saturated rings. The largest absolute Gasteiger partial charge is 0.495 e. The van der Waals surface area contributed by atoms with Gasteiger partial charge in [0.05, 0.1) is 18.5 Å². The normalized spacial score (nSPS) is 11.6. The predicted molar refractivity (Wildman–Crippen MR) is 73.0 cm³/mol. The van der Waals surface area contributed by atoms with Crippen LogP contribution < -0.4 is 14.8 Å². The maximum atomic E-state index is 12.1. The van der Waals surface area contributed by atoms with E-state index in [0.29, 0.717) is 23.7 Å². The van der Waals surface area contributed by atoms with E-state index in [2.05, 4.69) is 0 Å². The summed E-state index contributed by atoms with van der Waals surface area (Å²) in [6.07, 6.45) is 0. The minimum absolute atomic E-state index is 0.326. The molecule has 0 aliphatic carbocycles. The topological polar surface area (TPSA) is 75.9 Å². The van der Waals surface area contributed by atoms with Crippen molar-refractivity contribution < 1.29 is 13.2 Å². The summed E-state index contributed by atoms with van der Waals surface area (Å²) < 4.78 is 31.7. The second-order valence-corrected chi connectivity index (χ2v) is 5.95. The van der Waals surface area contributed by atoms with Gasteiger partial charge in [-0.05, 0) is 25.1 Å². The van der Waals surface area contributed by atoms with E-state index in [1.54, 1.807) is 25.1 Å². The number of ether oxygens (including phenoxy) is 1. The maximum Gasteiger partial charge on any atom is 0.303 e. The Morgan fingerprint density at radius 1 is 1.33 bits per heavy atom. The molecular formula is C11H19N3O3S. The lowest BCUT2D eigenvalue weighted by molar-refractivity contribution is 0.417. The average molecular weight is 273 g/mol. The van der Waals surface area contributed by atoms with Crippen molar-refractivity contribution >= 4 is 21.6 Å². The van der Waals surface area contributed by atoms with Crippen LogP contribution in [0.4, 0.5) is 11.4 Å². The molecule has 0 aliphatic heterocycles. The van der Waals surface area contributed by atoms with Crippen molar-refractivity contribution in [3.8, 4) is 5.75 Å². The van der Waals surface area contributed by atoms with Crippen LogP contribution >= 0.6 is 0 Å². The molecule has 1 rings (SSSR count). The number of rotatable bonds is 5. The summed E-state index contributed by atoms with van der Waals surface area (Å²) in [5, 5.41) is 0. The highest BCUT2D eigenvalue weighted by atomic mass is 32.2. The second-order valence-electron chi connectivity index (χ2n) is 3.88. The minimum atomic E-state index is -3.51. The summed E-state index contributed by atoms with van der Waals surface area (Å²) in [6.45, 7) is 2.09. The predicted octanol–water partition coefficient (Wildman–Crippen LogP) is 0.910. The van der Waals surface area contributed by atoms with Crippen LogP contribution in [0.1, 0.15) is 6.92 Å². The molecule has 18 heavy (non-hydrogen) atoms. The Labute approximate surface area is 108 Å². The molecule has 1 aromatic carbocycles. The number of benzene rings is 1. The maximum absolute atomic E-state index is 12.1. The molecule has 0 heterocycles. The van der Waals surface area contributed by atoms with Gasteiger partial charge in [-0.15, -0.1) is 0 Å². The standard InChI is InChI=1S/C11H19N3O3S/c1-5-14(18(15,16)13(2)3)9-6-7-11(17-4)10(12)8-9/h6-8H,5,12H2,1-4H3. The van der Waals surface area contributed by atoms with Gasteiger partial charge < -0.3 is 10.5 Å².